The summed E-state index contributed by atoms with van der Waals surface area (Å²) in [5, 5.41) is 0. The van der Waals surface area contributed by atoms with Crippen LogP contribution in [0.3, 0.4) is 0 Å². The van der Waals surface area contributed by atoms with Gasteiger partial charge in [0.1, 0.15) is 17.1 Å². The number of benzene rings is 2. The van der Waals surface area contributed by atoms with Gasteiger partial charge in [-0.15, -0.1) is 0 Å². The van der Waals surface area contributed by atoms with Gasteiger partial charge in [-0.1, -0.05) is 15.9 Å². The fourth-order valence-corrected chi connectivity index (χ4v) is 1.96. The van der Waals surface area contributed by atoms with E-state index in [-0.39, 0.29) is 0 Å². The molecular formula is C15H14BrNO3. The van der Waals surface area contributed by atoms with Gasteiger partial charge in [0.05, 0.1) is 7.11 Å². The van der Waals surface area contributed by atoms with Crippen molar-refractivity contribution in [2.45, 2.75) is 6.92 Å². The van der Waals surface area contributed by atoms with E-state index in [4.69, 9.17) is 15.2 Å². The number of carbonyl (C=O) groups is 1. The molecule has 4 nitrogen and oxygen atoms in total. The third-order valence-electron chi connectivity index (χ3n) is 2.77. The quantitative estimate of drug-likeness (QED) is 0.682. The summed E-state index contributed by atoms with van der Waals surface area (Å²) >= 11 is 3.43. The minimum Gasteiger partial charge on any atom is -0.465 e. The fourth-order valence-electron chi connectivity index (χ4n) is 1.71. The van der Waals surface area contributed by atoms with Crippen LogP contribution in [0.2, 0.25) is 0 Å². The molecule has 0 aliphatic rings. The van der Waals surface area contributed by atoms with Gasteiger partial charge < -0.3 is 15.2 Å². The maximum absolute atomic E-state index is 11.7. The maximum atomic E-state index is 11.7. The Hall–Kier alpha value is -2.01. The highest BCUT2D eigenvalue weighted by molar-refractivity contribution is 9.10. The molecule has 0 saturated carbocycles. The zero-order valence-corrected chi connectivity index (χ0v) is 12.7. The van der Waals surface area contributed by atoms with E-state index in [0.29, 0.717) is 22.7 Å². The predicted octanol–water partition coefficient (Wildman–Crippen LogP) is 3.92. The number of halogens is 1. The molecule has 20 heavy (non-hydrogen) atoms. The lowest BCUT2D eigenvalue weighted by atomic mass is 10.1. The Balaban J connectivity index is 2.37. The van der Waals surface area contributed by atoms with Crippen LogP contribution < -0.4 is 10.5 Å². The molecule has 104 valence electrons. The molecule has 5 heteroatoms. The summed E-state index contributed by atoms with van der Waals surface area (Å²) in [5.41, 5.74) is 7.50. The molecule has 0 fully saturated rings. The molecule has 2 aromatic carbocycles. The highest BCUT2D eigenvalue weighted by atomic mass is 79.9. The van der Waals surface area contributed by atoms with Gasteiger partial charge in [-0.3, -0.25) is 0 Å². The first-order valence-corrected chi connectivity index (χ1v) is 6.72. The lowest BCUT2D eigenvalue weighted by Gasteiger charge is -2.11. The highest BCUT2D eigenvalue weighted by Crippen LogP contribution is 2.30. The lowest BCUT2D eigenvalue weighted by Crippen LogP contribution is -2.04. The average molecular weight is 336 g/mol. The Kier molecular flexibility index (Phi) is 4.29. The molecule has 0 aliphatic carbocycles. The van der Waals surface area contributed by atoms with Crippen molar-refractivity contribution in [2.24, 2.45) is 0 Å². The second-order valence-corrected chi connectivity index (χ2v) is 5.11. The molecule has 2 aromatic rings. The number of aryl methyl sites for hydroxylation is 1. The summed E-state index contributed by atoms with van der Waals surface area (Å²) in [7, 11) is 1.32. The molecular weight excluding hydrogens is 322 g/mol. The number of ether oxygens (including phenoxy) is 2. The van der Waals surface area contributed by atoms with E-state index in [9.17, 15) is 4.79 Å². The number of anilines is 1. The fraction of sp³-hybridized carbons (Fsp3) is 0.133. The normalized spacial score (nSPS) is 10.2. The highest BCUT2D eigenvalue weighted by Gasteiger charge is 2.14. The number of esters is 1. The third-order valence-corrected chi connectivity index (χ3v) is 3.66. The maximum Gasteiger partial charge on any atom is 0.341 e. The molecule has 2 rings (SSSR count). The SMILES string of the molecule is COC(=O)c1cc(N)ccc1Oc1ccc(Br)c(C)c1. The molecule has 0 atom stereocenters. The Labute approximate surface area is 125 Å². The number of nitrogens with two attached hydrogens (primary N) is 1. The van der Waals surface area contributed by atoms with Crippen molar-refractivity contribution in [2.75, 3.05) is 12.8 Å². The summed E-state index contributed by atoms with van der Waals surface area (Å²) in [6, 6.07) is 10.4. The second kappa shape index (κ2) is 5.96. The number of hydrogen-bond donors (Lipinski definition) is 1. The van der Waals surface area contributed by atoms with Crippen LogP contribution in [-0.4, -0.2) is 13.1 Å². The molecule has 0 radical (unpaired) electrons. The number of rotatable bonds is 3. The first-order valence-electron chi connectivity index (χ1n) is 5.93. The average Bonchev–Trinajstić information content (AvgIpc) is 2.44. The van der Waals surface area contributed by atoms with Crippen LogP contribution >= 0.6 is 15.9 Å². The molecule has 0 amide bonds. The topological polar surface area (TPSA) is 61.5 Å². The first kappa shape index (κ1) is 14.4. The van der Waals surface area contributed by atoms with Gasteiger partial charge in [0.15, 0.2) is 0 Å². The molecule has 0 aliphatic heterocycles. The van der Waals surface area contributed by atoms with Gasteiger partial charge in [0.2, 0.25) is 0 Å². The van der Waals surface area contributed by atoms with E-state index in [1.165, 1.54) is 13.2 Å². The molecule has 0 heterocycles. The lowest BCUT2D eigenvalue weighted by molar-refractivity contribution is 0.0598. The summed E-state index contributed by atoms with van der Waals surface area (Å²) in [5.74, 6) is 0.564. The van der Waals surface area contributed by atoms with Gasteiger partial charge in [0.25, 0.3) is 0 Å². The zero-order chi connectivity index (χ0) is 14.7. The molecule has 0 bridgehead atoms. The molecule has 0 saturated heterocycles. The van der Waals surface area contributed by atoms with Crippen molar-refractivity contribution in [3.63, 3.8) is 0 Å². The monoisotopic (exact) mass is 335 g/mol. The van der Waals surface area contributed by atoms with E-state index in [1.54, 1.807) is 12.1 Å². The van der Waals surface area contributed by atoms with E-state index in [2.05, 4.69) is 15.9 Å². The van der Waals surface area contributed by atoms with Crippen LogP contribution in [0.4, 0.5) is 5.69 Å². The Morgan fingerprint density at radius 2 is 1.95 bits per heavy atom. The minimum atomic E-state index is -0.485. The van der Waals surface area contributed by atoms with Crippen LogP contribution in [0.25, 0.3) is 0 Å². The van der Waals surface area contributed by atoms with Gasteiger partial charge in [-0.25, -0.2) is 4.79 Å². The van der Waals surface area contributed by atoms with Crippen molar-refractivity contribution in [1.82, 2.24) is 0 Å². The van der Waals surface area contributed by atoms with Crippen molar-refractivity contribution < 1.29 is 14.3 Å². The minimum absolute atomic E-state index is 0.299. The number of nitrogen functional groups attached to an aromatic ring is 1. The van der Waals surface area contributed by atoms with E-state index < -0.39 is 5.97 Å². The van der Waals surface area contributed by atoms with Gasteiger partial charge in [-0.2, -0.15) is 0 Å². The van der Waals surface area contributed by atoms with E-state index in [0.717, 1.165) is 10.0 Å². The number of carbonyl (C=O) groups excluding carboxylic acids is 1. The predicted molar refractivity (Wildman–Crippen MR) is 81.1 cm³/mol. The van der Waals surface area contributed by atoms with Gasteiger partial charge in [0, 0.05) is 10.2 Å². The Morgan fingerprint density at radius 3 is 2.60 bits per heavy atom. The van der Waals surface area contributed by atoms with Gasteiger partial charge >= 0.3 is 5.97 Å². The second-order valence-electron chi connectivity index (χ2n) is 4.26. The summed E-state index contributed by atoms with van der Waals surface area (Å²) in [6.45, 7) is 1.96. The van der Waals surface area contributed by atoms with Crippen molar-refractivity contribution >= 4 is 27.6 Å². The largest absolute Gasteiger partial charge is 0.465 e. The summed E-state index contributed by atoms with van der Waals surface area (Å²) < 4.78 is 11.5. The van der Waals surface area contributed by atoms with Crippen molar-refractivity contribution in [3.8, 4) is 11.5 Å². The smallest absolute Gasteiger partial charge is 0.341 e. The van der Waals surface area contributed by atoms with Crippen molar-refractivity contribution in [3.05, 3.63) is 52.0 Å². The van der Waals surface area contributed by atoms with Crippen molar-refractivity contribution in [1.29, 1.82) is 0 Å². The Bertz CT molecular complexity index is 656. The van der Waals surface area contributed by atoms with Crippen LogP contribution in [0, 0.1) is 6.92 Å². The number of hydrogen-bond acceptors (Lipinski definition) is 4. The van der Waals surface area contributed by atoms with E-state index in [1.807, 2.05) is 25.1 Å². The zero-order valence-electron chi connectivity index (χ0n) is 11.1. The standard InChI is InChI=1S/C15H14BrNO3/c1-9-7-11(4-5-13(9)16)20-14-6-3-10(17)8-12(14)15(18)19-2/h3-8H,17H2,1-2H3. The first-order chi connectivity index (χ1) is 9.51. The molecule has 2 N–H and O–H groups in total. The summed E-state index contributed by atoms with van der Waals surface area (Å²) in [6.07, 6.45) is 0. The molecule has 0 unspecified atom stereocenters. The van der Waals surface area contributed by atoms with Crippen LogP contribution in [0.1, 0.15) is 15.9 Å². The van der Waals surface area contributed by atoms with Crippen LogP contribution in [0.5, 0.6) is 11.5 Å². The number of methoxy groups -OCH3 is 1. The molecule has 0 spiro atoms. The Morgan fingerprint density at radius 1 is 1.20 bits per heavy atom. The molecule has 0 aromatic heterocycles. The van der Waals surface area contributed by atoms with Crippen LogP contribution in [0.15, 0.2) is 40.9 Å². The van der Waals surface area contributed by atoms with Gasteiger partial charge in [-0.05, 0) is 48.9 Å². The van der Waals surface area contributed by atoms with E-state index >= 15 is 0 Å². The third kappa shape index (κ3) is 3.11. The van der Waals surface area contributed by atoms with Crippen LogP contribution in [-0.2, 0) is 4.74 Å². The summed E-state index contributed by atoms with van der Waals surface area (Å²) in [4.78, 5) is 11.7.